The van der Waals surface area contributed by atoms with E-state index in [1.807, 2.05) is 43.3 Å². The monoisotopic (exact) mass is 494 g/mol. The van der Waals surface area contributed by atoms with Crippen molar-refractivity contribution in [2.45, 2.75) is 43.6 Å². The maximum atomic E-state index is 11.7. The van der Waals surface area contributed by atoms with Crippen LogP contribution in [-0.2, 0) is 4.79 Å². The molecule has 1 saturated heterocycles. The van der Waals surface area contributed by atoms with Crippen LogP contribution in [0.4, 0.5) is 11.6 Å². The smallest absolute Gasteiger partial charge is 0.311 e. The molecule has 0 bridgehead atoms. The van der Waals surface area contributed by atoms with Gasteiger partial charge >= 0.3 is 5.97 Å². The molecule has 1 saturated carbocycles. The van der Waals surface area contributed by atoms with E-state index in [0.717, 1.165) is 35.1 Å². The van der Waals surface area contributed by atoms with E-state index in [2.05, 4.69) is 27.8 Å². The Morgan fingerprint density at radius 1 is 1.15 bits per heavy atom. The molecule has 1 aromatic carbocycles. The lowest BCUT2D eigenvalue weighted by atomic mass is 9.82. The van der Waals surface area contributed by atoms with Gasteiger partial charge in [0, 0.05) is 30.6 Å². The first-order valence-corrected chi connectivity index (χ1v) is 12.8. The summed E-state index contributed by atoms with van der Waals surface area (Å²) in [4.78, 5) is 23.4. The molecule has 6 nitrogen and oxygen atoms in total. The molecule has 3 aromatic rings. The van der Waals surface area contributed by atoms with Crippen LogP contribution in [0.2, 0.25) is 5.02 Å². The zero-order chi connectivity index (χ0) is 23.7. The van der Waals surface area contributed by atoms with Gasteiger partial charge in [0.15, 0.2) is 0 Å². The van der Waals surface area contributed by atoms with Gasteiger partial charge in [0.25, 0.3) is 0 Å². The van der Waals surface area contributed by atoms with E-state index >= 15 is 0 Å². The van der Waals surface area contributed by atoms with Gasteiger partial charge in [0.05, 0.1) is 16.1 Å². The van der Waals surface area contributed by atoms with Crippen LogP contribution >= 0.6 is 23.5 Å². The average molecular weight is 495 g/mol. The fourth-order valence-corrected chi connectivity index (χ4v) is 5.32. The maximum absolute atomic E-state index is 11.7. The molecule has 2 aliphatic rings. The minimum Gasteiger partial charge on any atom is -0.481 e. The van der Waals surface area contributed by atoms with Crippen molar-refractivity contribution in [2.24, 2.45) is 5.41 Å². The molecule has 0 radical (unpaired) electrons. The summed E-state index contributed by atoms with van der Waals surface area (Å²) in [6.07, 6.45) is 3.95. The molecule has 3 heterocycles. The van der Waals surface area contributed by atoms with Gasteiger partial charge < -0.3 is 14.7 Å². The third kappa shape index (κ3) is 4.86. The molecule has 1 aliphatic heterocycles. The van der Waals surface area contributed by atoms with Crippen LogP contribution in [0.15, 0.2) is 59.6 Å². The highest BCUT2D eigenvalue weighted by molar-refractivity contribution is 8.00. The van der Waals surface area contributed by atoms with Crippen molar-refractivity contribution in [3.8, 4) is 11.3 Å². The van der Waals surface area contributed by atoms with Gasteiger partial charge in [-0.1, -0.05) is 41.9 Å². The van der Waals surface area contributed by atoms with E-state index in [1.165, 1.54) is 30.4 Å². The third-order valence-electron chi connectivity index (χ3n) is 6.58. The number of anilines is 2. The Kier molecular flexibility index (Phi) is 6.40. The van der Waals surface area contributed by atoms with Crippen molar-refractivity contribution >= 4 is 41.2 Å². The van der Waals surface area contributed by atoms with Gasteiger partial charge in [-0.2, -0.15) is 0 Å². The third-order valence-corrected chi connectivity index (χ3v) is 7.64. The largest absolute Gasteiger partial charge is 0.481 e. The number of aromatic nitrogens is 2. The van der Waals surface area contributed by atoms with Gasteiger partial charge in [-0.3, -0.25) is 4.79 Å². The first-order chi connectivity index (χ1) is 16.4. The second-order valence-corrected chi connectivity index (χ2v) is 10.6. The standard InChI is InChI=1S/C26H27ClN4O2S/c1-26(25(32)33)14-5-15-31(16-26)22-8-4-9-23(29-22)34-30-21-13-12-20(27)24(28-21)19-7-3-2-6-18(19)17-10-11-17/h2-4,6-9,12-13,17H,5,10-11,14-16H2,1H3,(H,28,30)(H,32,33)/t26-/m1/s1. The van der Waals surface area contributed by atoms with Crippen LogP contribution in [-0.4, -0.2) is 34.1 Å². The number of hydrogen-bond donors (Lipinski definition) is 2. The predicted molar refractivity (Wildman–Crippen MR) is 138 cm³/mol. The second-order valence-electron chi connectivity index (χ2n) is 9.32. The quantitative estimate of drug-likeness (QED) is 0.363. The second kappa shape index (κ2) is 9.47. The lowest BCUT2D eigenvalue weighted by Gasteiger charge is -2.38. The average Bonchev–Trinajstić information content (AvgIpc) is 3.69. The van der Waals surface area contributed by atoms with E-state index in [-0.39, 0.29) is 0 Å². The molecule has 0 spiro atoms. The first kappa shape index (κ1) is 23.0. The number of hydrogen-bond acceptors (Lipinski definition) is 6. The van der Waals surface area contributed by atoms with Gasteiger partial charge in [-0.05, 0) is 68.4 Å². The fourth-order valence-electron chi connectivity index (χ4n) is 4.50. The Balaban J connectivity index is 1.32. The normalized spacial score (nSPS) is 20.2. The number of carboxylic acids is 1. The molecule has 2 aromatic heterocycles. The Labute approximate surface area is 208 Å². The molecule has 176 valence electrons. The Hall–Kier alpha value is -2.77. The fraction of sp³-hybridized carbons (Fsp3) is 0.346. The van der Waals surface area contributed by atoms with Crippen molar-refractivity contribution in [2.75, 3.05) is 22.7 Å². The number of carbonyl (C=O) groups is 1. The molecule has 1 aliphatic carbocycles. The van der Waals surface area contributed by atoms with Crippen molar-refractivity contribution in [3.63, 3.8) is 0 Å². The lowest BCUT2D eigenvalue weighted by Crippen LogP contribution is -2.46. The van der Waals surface area contributed by atoms with E-state index in [9.17, 15) is 9.90 Å². The van der Waals surface area contributed by atoms with Crippen LogP contribution in [0.5, 0.6) is 0 Å². The molecule has 2 N–H and O–H groups in total. The number of nitrogens with zero attached hydrogens (tertiary/aromatic N) is 3. The van der Waals surface area contributed by atoms with E-state index < -0.39 is 11.4 Å². The van der Waals surface area contributed by atoms with Crippen LogP contribution in [0, 0.1) is 5.41 Å². The van der Waals surface area contributed by atoms with Crippen LogP contribution in [0.1, 0.15) is 44.1 Å². The number of benzene rings is 1. The van der Waals surface area contributed by atoms with Gasteiger partial charge in [-0.25, -0.2) is 9.97 Å². The molecular weight excluding hydrogens is 468 g/mol. The van der Waals surface area contributed by atoms with Crippen LogP contribution in [0.25, 0.3) is 11.3 Å². The number of nitrogens with one attached hydrogen (secondary N) is 1. The summed E-state index contributed by atoms with van der Waals surface area (Å²) in [6, 6.07) is 17.9. The van der Waals surface area contributed by atoms with E-state index in [4.69, 9.17) is 21.6 Å². The maximum Gasteiger partial charge on any atom is 0.311 e. The van der Waals surface area contributed by atoms with Gasteiger partial charge in [0.2, 0.25) is 0 Å². The van der Waals surface area contributed by atoms with Crippen LogP contribution in [0.3, 0.4) is 0 Å². The number of halogens is 1. The zero-order valence-electron chi connectivity index (χ0n) is 19.0. The molecule has 5 rings (SSSR count). The molecule has 0 unspecified atom stereocenters. The van der Waals surface area contributed by atoms with Crippen molar-refractivity contribution < 1.29 is 9.90 Å². The highest BCUT2D eigenvalue weighted by atomic mass is 35.5. The van der Waals surface area contributed by atoms with Crippen molar-refractivity contribution in [1.29, 1.82) is 0 Å². The topological polar surface area (TPSA) is 78.4 Å². The van der Waals surface area contributed by atoms with Crippen molar-refractivity contribution in [3.05, 3.63) is 65.2 Å². The summed E-state index contributed by atoms with van der Waals surface area (Å²) in [6.45, 7) is 3.08. The van der Waals surface area contributed by atoms with E-state index in [0.29, 0.717) is 29.7 Å². The SMILES string of the molecule is C[C@@]1(C(=O)O)CCCN(c2cccc(SNc3ccc(Cl)c(-c4ccccc4C4CC4)n3)n2)C1. The summed E-state index contributed by atoms with van der Waals surface area (Å²) < 4.78 is 3.30. The number of piperidine rings is 1. The number of rotatable bonds is 7. The Morgan fingerprint density at radius 3 is 2.76 bits per heavy atom. The number of aliphatic carboxylic acids is 1. The summed E-state index contributed by atoms with van der Waals surface area (Å²) in [5, 5.41) is 11.0. The molecule has 0 amide bonds. The minimum atomic E-state index is -0.753. The summed E-state index contributed by atoms with van der Waals surface area (Å²) >= 11 is 7.92. The van der Waals surface area contributed by atoms with E-state index in [1.54, 1.807) is 0 Å². The molecular formula is C26H27ClN4O2S. The Bertz CT molecular complexity index is 1220. The van der Waals surface area contributed by atoms with Crippen molar-refractivity contribution in [1.82, 2.24) is 9.97 Å². The summed E-state index contributed by atoms with van der Waals surface area (Å²) in [5.74, 6) is 1.35. The molecule has 1 atom stereocenters. The summed E-state index contributed by atoms with van der Waals surface area (Å²) in [7, 11) is 0. The zero-order valence-corrected chi connectivity index (χ0v) is 20.6. The Morgan fingerprint density at radius 2 is 1.97 bits per heavy atom. The number of carboxylic acid groups (broad SMARTS) is 1. The summed E-state index contributed by atoms with van der Waals surface area (Å²) in [5.41, 5.74) is 2.45. The predicted octanol–water partition coefficient (Wildman–Crippen LogP) is 6.48. The minimum absolute atomic E-state index is 0.458. The molecule has 34 heavy (non-hydrogen) atoms. The van der Waals surface area contributed by atoms with Gasteiger partial charge in [-0.15, -0.1) is 0 Å². The highest BCUT2D eigenvalue weighted by Gasteiger charge is 2.38. The molecule has 8 heteroatoms. The lowest BCUT2D eigenvalue weighted by molar-refractivity contribution is -0.148. The number of pyridine rings is 2. The van der Waals surface area contributed by atoms with Crippen LogP contribution < -0.4 is 9.62 Å². The molecule has 2 fully saturated rings. The first-order valence-electron chi connectivity index (χ1n) is 11.6. The highest BCUT2D eigenvalue weighted by Crippen LogP contribution is 2.45. The van der Waals surface area contributed by atoms with Gasteiger partial charge in [0.1, 0.15) is 16.7 Å².